The van der Waals surface area contributed by atoms with Gasteiger partial charge in [0.2, 0.25) is 0 Å². The minimum Gasteiger partial charge on any atom is -0.444 e. The third-order valence-corrected chi connectivity index (χ3v) is 6.58. The van der Waals surface area contributed by atoms with Crippen LogP contribution in [0.5, 0.6) is 0 Å². The molecule has 3 fully saturated rings. The Morgan fingerprint density at radius 3 is 2.28 bits per heavy atom. The van der Waals surface area contributed by atoms with E-state index in [1.807, 2.05) is 32.7 Å². The molecule has 2 aliphatic heterocycles. The maximum atomic E-state index is 12.8. The van der Waals surface area contributed by atoms with E-state index in [9.17, 15) is 4.79 Å². The summed E-state index contributed by atoms with van der Waals surface area (Å²) in [7, 11) is 1.87. The zero-order valence-electron chi connectivity index (χ0n) is 20.8. The lowest BCUT2D eigenvalue weighted by molar-refractivity contribution is 0.00928. The van der Waals surface area contributed by atoms with E-state index in [1.54, 1.807) is 0 Å². The zero-order chi connectivity index (χ0) is 22.3. The smallest absolute Gasteiger partial charge is 0.410 e. The van der Waals surface area contributed by atoms with Crippen LogP contribution in [0.25, 0.3) is 0 Å². The molecule has 8 heteroatoms. The summed E-state index contributed by atoms with van der Waals surface area (Å²) >= 11 is 0. The van der Waals surface area contributed by atoms with Crippen molar-refractivity contribution in [1.29, 1.82) is 0 Å². The van der Waals surface area contributed by atoms with Gasteiger partial charge in [-0.3, -0.25) is 4.99 Å². The topological polar surface area (TPSA) is 60.4 Å². The number of amides is 1. The summed E-state index contributed by atoms with van der Waals surface area (Å²) in [6, 6.07) is 0.269. The van der Waals surface area contributed by atoms with Gasteiger partial charge in [0.15, 0.2) is 5.96 Å². The van der Waals surface area contributed by atoms with Gasteiger partial charge in [-0.2, -0.15) is 0 Å². The first-order valence-electron chi connectivity index (χ1n) is 12.5. The fourth-order valence-corrected chi connectivity index (χ4v) is 4.66. The minimum absolute atomic E-state index is 0. The van der Waals surface area contributed by atoms with Crippen molar-refractivity contribution in [2.24, 2.45) is 10.9 Å². The molecule has 7 nitrogen and oxygen atoms in total. The van der Waals surface area contributed by atoms with Gasteiger partial charge in [0.05, 0.1) is 0 Å². The van der Waals surface area contributed by atoms with Gasteiger partial charge < -0.3 is 24.8 Å². The Morgan fingerprint density at radius 2 is 1.72 bits per heavy atom. The van der Waals surface area contributed by atoms with Crippen LogP contribution in [0.1, 0.15) is 72.1 Å². The van der Waals surface area contributed by atoms with Crippen LogP contribution in [0.4, 0.5) is 4.79 Å². The first-order valence-corrected chi connectivity index (χ1v) is 12.5. The standard InChI is InChI=1S/C24H45N5O2.HI/c1-24(2,3)31-23(30)29(19-20-9-10-20)21-11-17-28(18-12-21)22(25-4)26-13-5-6-14-27-15-7-8-16-27;/h20-21H,5-19H2,1-4H3,(H,25,26);1H. The van der Waals surface area contributed by atoms with Gasteiger partial charge in [-0.05, 0) is 97.7 Å². The summed E-state index contributed by atoms with van der Waals surface area (Å²) in [5.41, 5.74) is -0.444. The summed E-state index contributed by atoms with van der Waals surface area (Å²) < 4.78 is 5.72. The van der Waals surface area contributed by atoms with Gasteiger partial charge in [-0.25, -0.2) is 4.79 Å². The maximum Gasteiger partial charge on any atom is 0.410 e. The lowest BCUT2D eigenvalue weighted by Gasteiger charge is -2.40. The molecule has 1 aliphatic carbocycles. The molecule has 2 heterocycles. The summed E-state index contributed by atoms with van der Waals surface area (Å²) in [5, 5.41) is 3.56. The SMILES string of the molecule is CN=C(NCCCCN1CCCC1)N1CCC(N(CC2CC2)C(=O)OC(C)(C)C)CC1.I. The highest BCUT2D eigenvalue weighted by atomic mass is 127. The van der Waals surface area contributed by atoms with Crippen LogP contribution in [0.15, 0.2) is 4.99 Å². The number of unbranched alkanes of at least 4 members (excludes halogenated alkanes) is 1. The van der Waals surface area contributed by atoms with Crippen molar-refractivity contribution >= 4 is 36.0 Å². The largest absolute Gasteiger partial charge is 0.444 e. The van der Waals surface area contributed by atoms with Crippen LogP contribution in [0, 0.1) is 5.92 Å². The first kappa shape index (κ1) is 27.5. The van der Waals surface area contributed by atoms with E-state index in [0.29, 0.717) is 5.92 Å². The summed E-state index contributed by atoms with van der Waals surface area (Å²) in [6.07, 6.45) is 9.46. The van der Waals surface area contributed by atoms with E-state index in [4.69, 9.17) is 4.74 Å². The normalized spacial score (nSPS) is 20.8. The average Bonchev–Trinajstić information content (AvgIpc) is 3.40. The number of aliphatic imine (C=N–C) groups is 1. The summed E-state index contributed by atoms with van der Waals surface area (Å²) in [5.74, 6) is 1.67. The molecule has 1 N–H and O–H groups in total. The highest BCUT2D eigenvalue weighted by Gasteiger charge is 2.35. The number of guanidine groups is 1. The Labute approximate surface area is 212 Å². The number of nitrogens with zero attached hydrogens (tertiary/aromatic N) is 4. The zero-order valence-corrected chi connectivity index (χ0v) is 23.1. The summed E-state index contributed by atoms with van der Waals surface area (Å²) in [6.45, 7) is 13.3. The third-order valence-electron chi connectivity index (χ3n) is 6.58. The molecule has 0 aromatic heterocycles. The number of piperidine rings is 1. The number of halogens is 1. The van der Waals surface area contributed by atoms with E-state index in [2.05, 4.69) is 20.1 Å². The van der Waals surface area contributed by atoms with Crippen molar-refractivity contribution in [1.82, 2.24) is 20.0 Å². The second-order valence-electron chi connectivity index (χ2n) is 10.5. The summed E-state index contributed by atoms with van der Waals surface area (Å²) in [4.78, 5) is 24.3. The number of carbonyl (C=O) groups excluding carboxylic acids is 1. The minimum atomic E-state index is -0.444. The van der Waals surface area contributed by atoms with Crippen molar-refractivity contribution in [2.45, 2.75) is 83.8 Å². The molecule has 0 bridgehead atoms. The van der Waals surface area contributed by atoms with E-state index < -0.39 is 5.60 Å². The Balaban J connectivity index is 0.00000363. The number of likely N-dealkylation sites (tertiary alicyclic amines) is 2. The van der Waals surface area contributed by atoms with Gasteiger partial charge in [0, 0.05) is 39.3 Å². The van der Waals surface area contributed by atoms with Crippen LogP contribution in [0.2, 0.25) is 0 Å². The predicted octanol–water partition coefficient (Wildman–Crippen LogP) is 4.17. The lowest BCUT2D eigenvalue weighted by Crippen LogP contribution is -2.52. The first-order chi connectivity index (χ1) is 14.9. The van der Waals surface area contributed by atoms with Gasteiger partial charge >= 0.3 is 6.09 Å². The van der Waals surface area contributed by atoms with Crippen molar-refractivity contribution < 1.29 is 9.53 Å². The van der Waals surface area contributed by atoms with Crippen LogP contribution in [-0.4, -0.2) is 91.3 Å². The lowest BCUT2D eigenvalue weighted by atomic mass is 10.0. The molecule has 0 spiro atoms. The molecule has 2 saturated heterocycles. The molecule has 3 rings (SSSR count). The Kier molecular flexibility index (Phi) is 11.3. The second-order valence-corrected chi connectivity index (χ2v) is 10.5. The van der Waals surface area contributed by atoms with Crippen molar-refractivity contribution in [2.75, 3.05) is 52.9 Å². The predicted molar refractivity (Wildman–Crippen MR) is 142 cm³/mol. The molecule has 1 amide bonds. The fraction of sp³-hybridized carbons (Fsp3) is 0.917. The quantitative estimate of drug-likeness (QED) is 0.208. The van der Waals surface area contributed by atoms with Crippen LogP contribution >= 0.6 is 24.0 Å². The number of rotatable bonds is 8. The molecule has 32 heavy (non-hydrogen) atoms. The van der Waals surface area contributed by atoms with Crippen LogP contribution < -0.4 is 5.32 Å². The molecule has 0 aromatic carbocycles. The van der Waals surface area contributed by atoms with Crippen molar-refractivity contribution in [3.05, 3.63) is 0 Å². The molecule has 3 aliphatic rings. The van der Waals surface area contributed by atoms with Gasteiger partial charge in [-0.1, -0.05) is 0 Å². The number of hydrogen-bond acceptors (Lipinski definition) is 4. The molecule has 1 saturated carbocycles. The van der Waals surface area contributed by atoms with E-state index in [1.165, 1.54) is 58.2 Å². The van der Waals surface area contributed by atoms with Gasteiger partial charge in [0.25, 0.3) is 0 Å². The highest BCUT2D eigenvalue weighted by Crippen LogP contribution is 2.32. The number of carbonyl (C=O) groups is 1. The molecule has 0 atom stereocenters. The molecule has 0 radical (unpaired) electrons. The third kappa shape index (κ3) is 9.23. The number of ether oxygens (including phenoxy) is 1. The van der Waals surface area contributed by atoms with Crippen LogP contribution in [-0.2, 0) is 4.74 Å². The van der Waals surface area contributed by atoms with E-state index in [-0.39, 0.29) is 36.1 Å². The second kappa shape index (κ2) is 13.2. The van der Waals surface area contributed by atoms with E-state index >= 15 is 0 Å². The number of hydrogen-bond donors (Lipinski definition) is 1. The Hall–Kier alpha value is -0.770. The van der Waals surface area contributed by atoms with Crippen LogP contribution in [0.3, 0.4) is 0 Å². The Bertz CT molecular complexity index is 592. The molecule has 0 aromatic rings. The highest BCUT2D eigenvalue weighted by molar-refractivity contribution is 14.0. The van der Waals surface area contributed by atoms with Gasteiger partial charge in [-0.15, -0.1) is 24.0 Å². The Morgan fingerprint density at radius 1 is 1.06 bits per heavy atom. The van der Waals surface area contributed by atoms with E-state index in [0.717, 1.165) is 45.0 Å². The molecular formula is C24H46IN5O2. The monoisotopic (exact) mass is 563 g/mol. The fourth-order valence-electron chi connectivity index (χ4n) is 4.66. The van der Waals surface area contributed by atoms with Crippen molar-refractivity contribution in [3.8, 4) is 0 Å². The molecule has 0 unspecified atom stereocenters. The molecular weight excluding hydrogens is 517 g/mol. The van der Waals surface area contributed by atoms with Gasteiger partial charge in [0.1, 0.15) is 5.60 Å². The number of nitrogens with one attached hydrogen (secondary N) is 1. The maximum absolute atomic E-state index is 12.8. The van der Waals surface area contributed by atoms with Crippen molar-refractivity contribution in [3.63, 3.8) is 0 Å². The molecule has 186 valence electrons. The average molecular weight is 564 g/mol.